The fourth-order valence-corrected chi connectivity index (χ4v) is 2.93. The molecule has 1 aliphatic carbocycles. The summed E-state index contributed by atoms with van der Waals surface area (Å²) in [4.78, 5) is 12.4. The zero-order chi connectivity index (χ0) is 15.3. The summed E-state index contributed by atoms with van der Waals surface area (Å²) < 4.78 is 12.9. The Kier molecular flexibility index (Phi) is 4.95. The number of amides is 1. The molecule has 1 aliphatic rings. The molecule has 1 aromatic carbocycles. The monoisotopic (exact) mass is 288 g/mol. The quantitative estimate of drug-likeness (QED) is 0.923. The van der Waals surface area contributed by atoms with Gasteiger partial charge < -0.3 is 5.32 Å². The van der Waals surface area contributed by atoms with Crippen molar-refractivity contribution in [3.63, 3.8) is 0 Å². The van der Waals surface area contributed by atoms with Crippen molar-refractivity contribution in [2.75, 3.05) is 0 Å². The van der Waals surface area contributed by atoms with E-state index in [4.69, 9.17) is 0 Å². The normalized spacial score (nSPS) is 18.5. The standard InChI is InChI=1S/C17H21FN2O/c1-13(11-14-5-7-15(18)8-6-14)20-16(21)17(12-19)9-3-2-4-10-17/h5-8,13H,2-4,9-11H2,1H3,(H,20,21). The van der Waals surface area contributed by atoms with Gasteiger partial charge in [0.15, 0.2) is 0 Å². The Bertz CT molecular complexity index is 527. The summed E-state index contributed by atoms with van der Waals surface area (Å²) in [6.07, 6.45) is 4.91. The Balaban J connectivity index is 1.95. The Hall–Kier alpha value is -1.89. The van der Waals surface area contributed by atoms with Crippen molar-refractivity contribution in [2.24, 2.45) is 5.41 Å². The molecular weight excluding hydrogens is 267 g/mol. The average molecular weight is 288 g/mol. The van der Waals surface area contributed by atoms with Crippen LogP contribution in [0.15, 0.2) is 24.3 Å². The maximum atomic E-state index is 12.9. The highest BCUT2D eigenvalue weighted by Gasteiger charge is 2.40. The fraction of sp³-hybridized carbons (Fsp3) is 0.529. The number of hydrogen-bond acceptors (Lipinski definition) is 2. The van der Waals surface area contributed by atoms with Gasteiger partial charge in [0.1, 0.15) is 11.2 Å². The molecule has 2 rings (SSSR count). The van der Waals surface area contributed by atoms with Crippen LogP contribution in [0.5, 0.6) is 0 Å². The first-order valence-electron chi connectivity index (χ1n) is 7.52. The Morgan fingerprint density at radius 3 is 2.52 bits per heavy atom. The predicted octanol–water partition coefficient (Wildman–Crippen LogP) is 3.35. The zero-order valence-electron chi connectivity index (χ0n) is 12.4. The van der Waals surface area contributed by atoms with Crippen molar-refractivity contribution in [3.8, 4) is 6.07 Å². The van der Waals surface area contributed by atoms with E-state index in [1.807, 2.05) is 6.92 Å². The second-order valence-corrected chi connectivity index (χ2v) is 5.96. The van der Waals surface area contributed by atoms with Gasteiger partial charge in [-0.1, -0.05) is 31.4 Å². The zero-order valence-corrected chi connectivity index (χ0v) is 12.4. The first-order chi connectivity index (χ1) is 10.1. The molecule has 1 amide bonds. The van der Waals surface area contributed by atoms with E-state index in [2.05, 4.69) is 11.4 Å². The first kappa shape index (κ1) is 15.5. The van der Waals surface area contributed by atoms with Crippen molar-refractivity contribution >= 4 is 5.91 Å². The minimum Gasteiger partial charge on any atom is -0.352 e. The summed E-state index contributed by atoms with van der Waals surface area (Å²) in [7, 11) is 0. The molecule has 4 heteroatoms. The van der Waals surface area contributed by atoms with Crippen LogP contribution >= 0.6 is 0 Å². The molecule has 1 atom stereocenters. The molecule has 1 unspecified atom stereocenters. The summed E-state index contributed by atoms with van der Waals surface area (Å²) in [5.74, 6) is -0.416. The van der Waals surface area contributed by atoms with Crippen LogP contribution in [-0.2, 0) is 11.2 Å². The topological polar surface area (TPSA) is 52.9 Å². The summed E-state index contributed by atoms with van der Waals surface area (Å²) in [6, 6.07) is 8.44. The second-order valence-electron chi connectivity index (χ2n) is 5.96. The van der Waals surface area contributed by atoms with E-state index < -0.39 is 5.41 Å². The lowest BCUT2D eigenvalue weighted by atomic mass is 9.74. The van der Waals surface area contributed by atoms with Crippen LogP contribution in [0.25, 0.3) is 0 Å². The van der Waals surface area contributed by atoms with Crippen LogP contribution in [0.1, 0.15) is 44.6 Å². The number of benzene rings is 1. The maximum Gasteiger partial charge on any atom is 0.240 e. The Morgan fingerprint density at radius 2 is 1.95 bits per heavy atom. The lowest BCUT2D eigenvalue weighted by molar-refractivity contribution is -0.130. The molecule has 0 bridgehead atoms. The molecule has 1 saturated carbocycles. The highest BCUT2D eigenvalue weighted by molar-refractivity contribution is 5.85. The van der Waals surface area contributed by atoms with Gasteiger partial charge in [0.05, 0.1) is 6.07 Å². The molecule has 1 N–H and O–H groups in total. The van der Waals surface area contributed by atoms with E-state index in [0.717, 1.165) is 24.8 Å². The van der Waals surface area contributed by atoms with Gasteiger partial charge in [0, 0.05) is 6.04 Å². The molecule has 21 heavy (non-hydrogen) atoms. The smallest absolute Gasteiger partial charge is 0.240 e. The molecular formula is C17H21FN2O. The number of carbonyl (C=O) groups is 1. The Labute approximate surface area is 125 Å². The van der Waals surface area contributed by atoms with Crippen LogP contribution in [0.2, 0.25) is 0 Å². The number of nitriles is 1. The maximum absolute atomic E-state index is 12.9. The van der Waals surface area contributed by atoms with Crippen molar-refractivity contribution in [2.45, 2.75) is 51.5 Å². The van der Waals surface area contributed by atoms with Gasteiger partial charge in [-0.25, -0.2) is 4.39 Å². The van der Waals surface area contributed by atoms with Crippen LogP contribution in [0.4, 0.5) is 4.39 Å². The molecule has 3 nitrogen and oxygen atoms in total. The minimum atomic E-state index is -0.852. The lowest BCUT2D eigenvalue weighted by Gasteiger charge is -2.30. The molecule has 0 heterocycles. The molecule has 0 aliphatic heterocycles. The summed E-state index contributed by atoms with van der Waals surface area (Å²) in [5, 5.41) is 12.3. The third-order valence-corrected chi connectivity index (χ3v) is 4.19. The van der Waals surface area contributed by atoms with Gasteiger partial charge in [-0.05, 0) is 43.9 Å². The SMILES string of the molecule is CC(Cc1ccc(F)cc1)NC(=O)C1(C#N)CCCCC1. The van der Waals surface area contributed by atoms with Gasteiger partial charge in [-0.15, -0.1) is 0 Å². The van der Waals surface area contributed by atoms with Gasteiger partial charge in [-0.2, -0.15) is 5.26 Å². The number of hydrogen-bond donors (Lipinski definition) is 1. The van der Waals surface area contributed by atoms with Gasteiger partial charge in [-0.3, -0.25) is 4.79 Å². The van der Waals surface area contributed by atoms with Gasteiger partial charge >= 0.3 is 0 Å². The number of nitrogens with zero attached hydrogens (tertiary/aromatic N) is 1. The van der Waals surface area contributed by atoms with E-state index in [-0.39, 0.29) is 17.8 Å². The molecule has 1 aromatic rings. The first-order valence-corrected chi connectivity index (χ1v) is 7.52. The fourth-order valence-electron chi connectivity index (χ4n) is 2.93. The van der Waals surface area contributed by atoms with E-state index >= 15 is 0 Å². The molecule has 0 saturated heterocycles. The van der Waals surface area contributed by atoms with Crippen LogP contribution < -0.4 is 5.32 Å². The lowest BCUT2D eigenvalue weighted by Crippen LogP contribution is -2.45. The third-order valence-electron chi connectivity index (χ3n) is 4.19. The number of carbonyl (C=O) groups excluding carboxylic acids is 1. The average Bonchev–Trinajstić information content (AvgIpc) is 2.50. The molecule has 0 spiro atoms. The summed E-state index contributed by atoms with van der Waals surface area (Å²) in [5.41, 5.74) is 0.119. The van der Waals surface area contributed by atoms with Crippen LogP contribution in [0, 0.1) is 22.6 Å². The van der Waals surface area contributed by atoms with Crippen molar-refractivity contribution in [1.29, 1.82) is 5.26 Å². The Morgan fingerprint density at radius 1 is 1.33 bits per heavy atom. The highest BCUT2D eigenvalue weighted by Crippen LogP contribution is 2.35. The second kappa shape index (κ2) is 6.71. The summed E-state index contributed by atoms with van der Waals surface area (Å²) >= 11 is 0. The van der Waals surface area contributed by atoms with Crippen molar-refractivity contribution < 1.29 is 9.18 Å². The molecule has 1 fully saturated rings. The van der Waals surface area contributed by atoms with Crippen molar-refractivity contribution in [1.82, 2.24) is 5.32 Å². The van der Waals surface area contributed by atoms with Crippen LogP contribution in [-0.4, -0.2) is 11.9 Å². The van der Waals surface area contributed by atoms with Gasteiger partial charge in [0.25, 0.3) is 0 Å². The number of halogens is 1. The number of rotatable bonds is 4. The predicted molar refractivity (Wildman–Crippen MR) is 78.8 cm³/mol. The van der Waals surface area contributed by atoms with Crippen molar-refractivity contribution in [3.05, 3.63) is 35.6 Å². The van der Waals surface area contributed by atoms with E-state index in [1.54, 1.807) is 12.1 Å². The van der Waals surface area contributed by atoms with E-state index in [0.29, 0.717) is 19.3 Å². The number of nitrogens with one attached hydrogen (secondary N) is 1. The van der Waals surface area contributed by atoms with Gasteiger partial charge in [0.2, 0.25) is 5.91 Å². The molecule has 0 aromatic heterocycles. The minimum absolute atomic E-state index is 0.0740. The highest BCUT2D eigenvalue weighted by atomic mass is 19.1. The molecule has 0 radical (unpaired) electrons. The van der Waals surface area contributed by atoms with E-state index in [9.17, 15) is 14.4 Å². The largest absolute Gasteiger partial charge is 0.352 e. The third kappa shape index (κ3) is 3.81. The van der Waals surface area contributed by atoms with E-state index in [1.165, 1.54) is 12.1 Å². The summed E-state index contributed by atoms with van der Waals surface area (Å²) in [6.45, 7) is 1.91. The molecule has 112 valence electrons. The van der Waals surface area contributed by atoms with Crippen LogP contribution in [0.3, 0.4) is 0 Å².